The smallest absolute Gasteiger partial charge is 0.251 e. The summed E-state index contributed by atoms with van der Waals surface area (Å²) in [6.45, 7) is 3.85. The van der Waals surface area contributed by atoms with Crippen LogP contribution < -0.4 is 10.6 Å². The van der Waals surface area contributed by atoms with Crippen molar-refractivity contribution in [3.05, 3.63) is 59.3 Å². The third-order valence-corrected chi connectivity index (χ3v) is 3.12. The third-order valence-electron chi connectivity index (χ3n) is 3.12. The molecule has 2 rings (SSSR count). The maximum Gasteiger partial charge on any atom is 0.251 e. The highest BCUT2D eigenvalue weighted by atomic mass is 16.1. The molecule has 1 unspecified atom stereocenters. The second kappa shape index (κ2) is 6.19. The second-order valence-electron chi connectivity index (χ2n) is 4.74. The monoisotopic (exact) mass is 269 g/mol. The van der Waals surface area contributed by atoms with E-state index >= 15 is 0 Å². The van der Waals surface area contributed by atoms with Gasteiger partial charge in [0.2, 0.25) is 0 Å². The zero-order valence-corrected chi connectivity index (χ0v) is 12.0. The van der Waals surface area contributed by atoms with Crippen LogP contribution in [0.25, 0.3) is 0 Å². The number of aryl methyl sites for hydroxylation is 1. The van der Waals surface area contributed by atoms with E-state index in [1.54, 1.807) is 19.2 Å². The van der Waals surface area contributed by atoms with Crippen LogP contribution in [0.3, 0.4) is 0 Å². The number of benzene rings is 1. The van der Waals surface area contributed by atoms with E-state index in [1.807, 2.05) is 44.2 Å². The van der Waals surface area contributed by atoms with Gasteiger partial charge in [0.15, 0.2) is 0 Å². The van der Waals surface area contributed by atoms with Crippen LogP contribution in [0.5, 0.6) is 0 Å². The van der Waals surface area contributed by atoms with Crippen LogP contribution in [0.15, 0.2) is 42.5 Å². The lowest BCUT2D eigenvalue weighted by atomic mass is 10.1. The summed E-state index contributed by atoms with van der Waals surface area (Å²) in [5, 5.41) is 5.95. The third kappa shape index (κ3) is 3.35. The maximum absolute atomic E-state index is 12.3. The zero-order chi connectivity index (χ0) is 14.5. The first-order valence-electron chi connectivity index (χ1n) is 6.62. The lowest BCUT2D eigenvalue weighted by molar-refractivity contribution is 0.0939. The Hall–Kier alpha value is -2.36. The van der Waals surface area contributed by atoms with Crippen molar-refractivity contribution >= 4 is 11.7 Å². The topological polar surface area (TPSA) is 54.0 Å². The Morgan fingerprint density at radius 1 is 1.20 bits per heavy atom. The Balaban J connectivity index is 2.14. The lowest BCUT2D eigenvalue weighted by Gasteiger charge is -2.15. The van der Waals surface area contributed by atoms with Gasteiger partial charge in [0.25, 0.3) is 5.91 Å². The van der Waals surface area contributed by atoms with Crippen molar-refractivity contribution in [2.45, 2.75) is 19.9 Å². The lowest BCUT2D eigenvalue weighted by Crippen LogP contribution is -2.26. The van der Waals surface area contributed by atoms with Gasteiger partial charge in [0.05, 0.1) is 6.04 Å². The minimum Gasteiger partial charge on any atom is -0.373 e. The molecule has 0 fully saturated rings. The molecule has 104 valence electrons. The molecule has 1 amide bonds. The fourth-order valence-electron chi connectivity index (χ4n) is 2.03. The highest BCUT2D eigenvalue weighted by molar-refractivity contribution is 5.95. The summed E-state index contributed by atoms with van der Waals surface area (Å²) >= 11 is 0. The predicted molar refractivity (Wildman–Crippen MR) is 80.8 cm³/mol. The molecule has 1 atom stereocenters. The first-order valence-corrected chi connectivity index (χ1v) is 6.62. The number of rotatable bonds is 4. The highest BCUT2D eigenvalue weighted by Gasteiger charge is 2.12. The number of carbonyl (C=O) groups excluding carboxylic acids is 1. The van der Waals surface area contributed by atoms with Crippen LogP contribution in [0.1, 0.15) is 34.6 Å². The van der Waals surface area contributed by atoms with Crippen LogP contribution in [0.2, 0.25) is 0 Å². The van der Waals surface area contributed by atoms with Gasteiger partial charge >= 0.3 is 0 Å². The molecule has 0 aliphatic rings. The van der Waals surface area contributed by atoms with Gasteiger partial charge in [-0.05, 0) is 31.5 Å². The van der Waals surface area contributed by atoms with E-state index in [2.05, 4.69) is 15.6 Å². The van der Waals surface area contributed by atoms with E-state index in [0.29, 0.717) is 11.4 Å². The summed E-state index contributed by atoms with van der Waals surface area (Å²) in [6, 6.07) is 13.4. The zero-order valence-electron chi connectivity index (χ0n) is 12.0. The molecule has 1 aromatic heterocycles. The number of nitrogens with one attached hydrogen (secondary N) is 2. The molecule has 0 bridgehead atoms. The molecular weight excluding hydrogens is 250 g/mol. The van der Waals surface area contributed by atoms with Crippen LogP contribution in [0, 0.1) is 6.92 Å². The van der Waals surface area contributed by atoms with Crippen molar-refractivity contribution in [2.24, 2.45) is 0 Å². The summed E-state index contributed by atoms with van der Waals surface area (Å²) in [5.41, 5.74) is 2.51. The second-order valence-corrected chi connectivity index (χ2v) is 4.74. The fourth-order valence-corrected chi connectivity index (χ4v) is 2.03. The van der Waals surface area contributed by atoms with Crippen molar-refractivity contribution in [3.8, 4) is 0 Å². The molecule has 2 N–H and O–H groups in total. The summed E-state index contributed by atoms with van der Waals surface area (Å²) < 4.78 is 0. The van der Waals surface area contributed by atoms with Crippen molar-refractivity contribution in [1.29, 1.82) is 0 Å². The molecule has 0 aliphatic heterocycles. The number of nitrogens with zero attached hydrogens (tertiary/aromatic N) is 1. The Morgan fingerprint density at radius 2 is 1.90 bits per heavy atom. The molecule has 2 aromatic rings. The fraction of sp³-hybridized carbons (Fsp3) is 0.250. The number of amides is 1. The molecule has 1 aromatic carbocycles. The Morgan fingerprint density at radius 3 is 2.55 bits per heavy atom. The summed E-state index contributed by atoms with van der Waals surface area (Å²) in [6.07, 6.45) is 0. The van der Waals surface area contributed by atoms with Crippen molar-refractivity contribution in [1.82, 2.24) is 10.3 Å². The largest absolute Gasteiger partial charge is 0.373 e. The average Bonchev–Trinajstić information content (AvgIpc) is 2.47. The first-order chi connectivity index (χ1) is 9.60. The van der Waals surface area contributed by atoms with E-state index in [0.717, 1.165) is 11.3 Å². The molecule has 0 saturated heterocycles. The molecular formula is C16H19N3O. The van der Waals surface area contributed by atoms with Gasteiger partial charge in [-0.15, -0.1) is 0 Å². The van der Waals surface area contributed by atoms with Crippen molar-refractivity contribution < 1.29 is 4.79 Å². The summed E-state index contributed by atoms with van der Waals surface area (Å²) in [7, 11) is 1.79. The standard InChI is InChI=1S/C16H19N3O/c1-11-9-14(10-15(17-3)18-11)16(20)19-12(2)13-7-5-4-6-8-13/h4-10,12H,1-3H3,(H,17,18)(H,19,20). The van der Waals surface area contributed by atoms with E-state index in [4.69, 9.17) is 0 Å². The molecule has 0 aliphatic carbocycles. The first kappa shape index (κ1) is 14.1. The number of aromatic nitrogens is 1. The SMILES string of the molecule is CNc1cc(C(=O)NC(C)c2ccccc2)cc(C)n1. The van der Waals surface area contributed by atoms with E-state index in [-0.39, 0.29) is 11.9 Å². The van der Waals surface area contributed by atoms with Gasteiger partial charge in [0, 0.05) is 18.3 Å². The highest BCUT2D eigenvalue weighted by Crippen LogP contribution is 2.14. The molecule has 4 heteroatoms. The van der Waals surface area contributed by atoms with Gasteiger partial charge < -0.3 is 10.6 Å². The molecule has 0 spiro atoms. The normalized spacial score (nSPS) is 11.8. The summed E-state index contributed by atoms with van der Waals surface area (Å²) in [4.78, 5) is 16.6. The van der Waals surface area contributed by atoms with E-state index < -0.39 is 0 Å². The minimum absolute atomic E-state index is 0.0322. The van der Waals surface area contributed by atoms with Crippen LogP contribution in [0.4, 0.5) is 5.82 Å². The van der Waals surface area contributed by atoms with Crippen LogP contribution >= 0.6 is 0 Å². The predicted octanol–water partition coefficient (Wildman–Crippen LogP) is 2.92. The quantitative estimate of drug-likeness (QED) is 0.897. The van der Waals surface area contributed by atoms with Crippen LogP contribution in [-0.2, 0) is 0 Å². The molecule has 0 saturated carbocycles. The Labute approximate surface area is 119 Å². The molecule has 0 radical (unpaired) electrons. The van der Waals surface area contributed by atoms with Crippen molar-refractivity contribution in [3.63, 3.8) is 0 Å². The number of anilines is 1. The van der Waals surface area contributed by atoms with Gasteiger partial charge in [-0.1, -0.05) is 30.3 Å². The summed E-state index contributed by atoms with van der Waals surface area (Å²) in [5.74, 6) is 0.603. The molecule has 4 nitrogen and oxygen atoms in total. The van der Waals surface area contributed by atoms with E-state index in [9.17, 15) is 4.79 Å². The number of hydrogen-bond donors (Lipinski definition) is 2. The van der Waals surface area contributed by atoms with Gasteiger partial charge in [-0.25, -0.2) is 4.98 Å². The number of pyridine rings is 1. The minimum atomic E-state index is -0.0941. The van der Waals surface area contributed by atoms with Crippen molar-refractivity contribution in [2.75, 3.05) is 12.4 Å². The Bertz CT molecular complexity index is 596. The average molecular weight is 269 g/mol. The van der Waals surface area contributed by atoms with Gasteiger partial charge in [0.1, 0.15) is 5.82 Å². The maximum atomic E-state index is 12.3. The Kier molecular flexibility index (Phi) is 4.35. The molecule has 20 heavy (non-hydrogen) atoms. The van der Waals surface area contributed by atoms with Gasteiger partial charge in [-0.3, -0.25) is 4.79 Å². The van der Waals surface area contributed by atoms with E-state index in [1.165, 1.54) is 0 Å². The number of hydrogen-bond acceptors (Lipinski definition) is 3. The van der Waals surface area contributed by atoms with Crippen LogP contribution in [-0.4, -0.2) is 17.9 Å². The molecule has 1 heterocycles. The number of carbonyl (C=O) groups is 1. The van der Waals surface area contributed by atoms with Gasteiger partial charge in [-0.2, -0.15) is 0 Å².